The second-order valence-electron chi connectivity index (χ2n) is 16.3. The molecule has 0 saturated carbocycles. The van der Waals surface area contributed by atoms with Crippen molar-refractivity contribution in [1.82, 2.24) is 25.5 Å². The Morgan fingerprint density at radius 1 is 0.868 bits per heavy atom. The molecule has 6 atom stereocenters. The molecule has 6 aromatic rings. The van der Waals surface area contributed by atoms with Crippen LogP contribution in [0.5, 0.6) is 5.75 Å². The summed E-state index contributed by atoms with van der Waals surface area (Å²) in [6, 6.07) is 33.1. The van der Waals surface area contributed by atoms with Gasteiger partial charge in [-0.2, -0.15) is 0 Å². The standard InChI is InChI=1S/C51H47N7O10/c1-65-27-28-67-50(64)57-38-23-22-31(13-12-24-53-49(52)63)29-35(38)51(48(57)62)41(46(60)54-30-40-55-36-19-9-10-20-37(36)56-40)43-47(61)68-44(33-16-6-3-7-17-33)42(32-14-4-2-5-15-32)58(43)45(51)34-18-8-11-21-39(34)66-26-25-59/h2-11,14-23,29,41-45,59H,24-28,30H2,1H3,(H,54,60)(H,55,56)(H3,52,53,63)/t41-,42-,43-,44+,45+,51-/m0/s1. The van der Waals surface area contributed by atoms with E-state index in [2.05, 4.69) is 32.4 Å². The van der Waals surface area contributed by atoms with Gasteiger partial charge in [0.1, 0.15) is 42.3 Å². The maximum atomic E-state index is 16.4. The van der Waals surface area contributed by atoms with Gasteiger partial charge in [0.25, 0.3) is 0 Å². The van der Waals surface area contributed by atoms with Crippen molar-refractivity contribution < 1.29 is 48.0 Å². The topological polar surface area (TPSA) is 228 Å². The highest BCUT2D eigenvalue weighted by molar-refractivity contribution is 6.23. The molecular weight excluding hydrogens is 871 g/mol. The number of H-pyrrole nitrogens is 1. The van der Waals surface area contributed by atoms with Crippen molar-refractivity contribution in [3.63, 3.8) is 0 Å². The van der Waals surface area contributed by atoms with E-state index in [9.17, 15) is 14.7 Å². The smallest absolute Gasteiger partial charge is 0.421 e. The minimum Gasteiger partial charge on any atom is -0.491 e. The number of carbonyl (C=O) groups is 5. The quantitative estimate of drug-likeness (QED) is 0.0603. The largest absolute Gasteiger partial charge is 0.491 e. The molecule has 0 unspecified atom stereocenters. The van der Waals surface area contributed by atoms with Crippen LogP contribution >= 0.6 is 0 Å². The summed E-state index contributed by atoms with van der Waals surface area (Å²) in [7, 11) is 1.44. The summed E-state index contributed by atoms with van der Waals surface area (Å²) in [4.78, 5) is 84.3. The fraction of sp³-hybridized carbons (Fsp3) is 0.255. The first-order valence-electron chi connectivity index (χ1n) is 22.0. The third-order valence-electron chi connectivity index (χ3n) is 12.5. The molecule has 4 heterocycles. The number of benzene rings is 5. The second kappa shape index (κ2) is 19.4. The van der Waals surface area contributed by atoms with Crippen molar-refractivity contribution in [2.45, 2.75) is 36.2 Å². The van der Waals surface area contributed by atoms with Gasteiger partial charge < -0.3 is 45.4 Å². The first-order chi connectivity index (χ1) is 33.2. The third-order valence-corrected chi connectivity index (χ3v) is 12.5. The van der Waals surface area contributed by atoms with Gasteiger partial charge in [-0.3, -0.25) is 19.3 Å². The van der Waals surface area contributed by atoms with Crippen LogP contribution in [-0.4, -0.2) is 96.0 Å². The van der Waals surface area contributed by atoms with Gasteiger partial charge in [-0.15, -0.1) is 0 Å². The number of fused-ring (bicyclic) bond motifs is 4. The van der Waals surface area contributed by atoms with Gasteiger partial charge in [-0.1, -0.05) is 103 Å². The number of nitrogens with zero attached hydrogens (tertiary/aromatic N) is 3. The average molecular weight is 918 g/mol. The van der Waals surface area contributed by atoms with Crippen molar-refractivity contribution in [2.24, 2.45) is 11.7 Å². The van der Waals surface area contributed by atoms with Crippen molar-refractivity contribution in [3.8, 4) is 17.6 Å². The van der Waals surface area contributed by atoms with Gasteiger partial charge in [-0.05, 0) is 53.1 Å². The van der Waals surface area contributed by atoms with Crippen LogP contribution in [0.15, 0.2) is 127 Å². The lowest BCUT2D eigenvalue weighted by Gasteiger charge is -2.46. The highest BCUT2D eigenvalue weighted by Gasteiger charge is 2.76. The molecule has 1 aromatic heterocycles. The zero-order chi connectivity index (χ0) is 47.4. The van der Waals surface area contributed by atoms with Crippen LogP contribution in [-0.2, 0) is 40.6 Å². The van der Waals surface area contributed by atoms with Crippen molar-refractivity contribution in [1.29, 1.82) is 0 Å². The summed E-state index contributed by atoms with van der Waals surface area (Å²) in [6.07, 6.45) is -2.03. The van der Waals surface area contributed by atoms with E-state index in [1.165, 1.54) is 13.2 Å². The summed E-state index contributed by atoms with van der Waals surface area (Å²) in [5, 5.41) is 15.5. The number of aromatic nitrogens is 2. The molecule has 1 spiro atoms. The van der Waals surface area contributed by atoms with Crippen LogP contribution in [0.3, 0.4) is 0 Å². The summed E-state index contributed by atoms with van der Waals surface area (Å²) < 4.78 is 23.6. The number of primary amides is 1. The van der Waals surface area contributed by atoms with Gasteiger partial charge in [0.15, 0.2) is 0 Å². The second-order valence-corrected chi connectivity index (χ2v) is 16.3. The number of ether oxygens (including phenoxy) is 4. The van der Waals surface area contributed by atoms with E-state index in [0.717, 1.165) is 10.4 Å². The van der Waals surface area contributed by atoms with Crippen LogP contribution in [0, 0.1) is 17.8 Å². The molecule has 5 aromatic carbocycles. The van der Waals surface area contributed by atoms with Crippen LogP contribution in [0.25, 0.3) is 11.0 Å². The summed E-state index contributed by atoms with van der Waals surface area (Å²) in [5.74, 6) is 2.51. The highest BCUT2D eigenvalue weighted by atomic mass is 16.6. The average Bonchev–Trinajstić information content (AvgIpc) is 4.00. The molecule has 0 bridgehead atoms. The Hall–Kier alpha value is -8.04. The van der Waals surface area contributed by atoms with Crippen molar-refractivity contribution in [2.75, 3.05) is 45.0 Å². The Bertz CT molecular complexity index is 2900. The third kappa shape index (κ3) is 8.14. The van der Waals surface area contributed by atoms with Gasteiger partial charge in [-0.25, -0.2) is 19.5 Å². The lowest BCUT2D eigenvalue weighted by molar-refractivity contribution is -0.178. The monoisotopic (exact) mass is 917 g/mol. The number of hydrogen-bond donors (Lipinski definition) is 5. The summed E-state index contributed by atoms with van der Waals surface area (Å²) in [5.41, 5.74) is 6.85. The molecule has 2 saturated heterocycles. The van der Waals surface area contributed by atoms with Gasteiger partial charge >= 0.3 is 18.1 Å². The van der Waals surface area contributed by atoms with E-state index in [1.54, 1.807) is 36.4 Å². The fourth-order valence-corrected chi connectivity index (χ4v) is 9.85. The highest BCUT2D eigenvalue weighted by Crippen LogP contribution is 2.66. The molecule has 17 nitrogen and oxygen atoms in total. The number of imidazole rings is 1. The number of esters is 1. The van der Waals surface area contributed by atoms with E-state index < -0.39 is 65.5 Å². The number of aliphatic hydroxyl groups excluding tert-OH is 1. The Kier molecular flexibility index (Phi) is 12.9. The minimum absolute atomic E-state index is 0.0198. The number of hydrogen-bond acceptors (Lipinski definition) is 12. The maximum absolute atomic E-state index is 16.4. The van der Waals surface area contributed by atoms with Gasteiger partial charge in [0.05, 0.1) is 61.0 Å². The number of morpholine rings is 1. The van der Waals surface area contributed by atoms with Crippen LogP contribution < -0.4 is 26.0 Å². The maximum Gasteiger partial charge on any atom is 0.421 e. The predicted octanol–water partition coefficient (Wildman–Crippen LogP) is 4.72. The number of carbonyl (C=O) groups excluding carboxylic acids is 5. The molecule has 0 aliphatic carbocycles. The van der Waals surface area contributed by atoms with E-state index in [4.69, 9.17) is 24.7 Å². The zero-order valence-corrected chi connectivity index (χ0v) is 36.8. The van der Waals surface area contributed by atoms with E-state index in [1.807, 2.05) is 89.8 Å². The fourth-order valence-electron chi connectivity index (χ4n) is 9.85. The number of aliphatic hydroxyl groups is 1. The van der Waals surface area contributed by atoms with E-state index in [0.29, 0.717) is 33.6 Å². The number of aromatic amines is 1. The number of urea groups is 1. The van der Waals surface area contributed by atoms with Crippen molar-refractivity contribution >= 4 is 46.6 Å². The van der Waals surface area contributed by atoms with E-state index in [-0.39, 0.29) is 56.5 Å². The lowest BCUT2D eigenvalue weighted by atomic mass is 9.65. The number of nitrogens with two attached hydrogens (primary N) is 1. The Balaban J connectivity index is 1.34. The molecule has 6 N–H and O–H groups in total. The first-order valence-corrected chi connectivity index (χ1v) is 22.0. The molecule has 346 valence electrons. The number of anilines is 1. The molecule has 68 heavy (non-hydrogen) atoms. The number of cyclic esters (lactones) is 1. The molecule has 9 rings (SSSR count). The number of amides is 5. The number of imide groups is 1. The number of rotatable bonds is 13. The van der Waals surface area contributed by atoms with Crippen LogP contribution in [0.1, 0.15) is 51.8 Å². The lowest BCUT2D eigenvalue weighted by Crippen LogP contribution is -2.55. The van der Waals surface area contributed by atoms with E-state index >= 15 is 14.4 Å². The molecule has 2 fully saturated rings. The van der Waals surface area contributed by atoms with Gasteiger partial charge in [0.2, 0.25) is 11.8 Å². The van der Waals surface area contributed by atoms with Crippen LogP contribution in [0.4, 0.5) is 15.3 Å². The van der Waals surface area contributed by atoms with Gasteiger partial charge in [0, 0.05) is 18.2 Å². The molecule has 0 radical (unpaired) electrons. The molecule has 3 aliphatic heterocycles. The molecular formula is C51H47N7O10. The number of para-hydroxylation sites is 3. The number of nitrogens with one attached hydrogen (secondary N) is 3. The summed E-state index contributed by atoms with van der Waals surface area (Å²) >= 11 is 0. The van der Waals surface area contributed by atoms with Crippen molar-refractivity contribution in [3.05, 3.63) is 161 Å². The molecule has 17 heteroatoms. The predicted molar refractivity (Wildman–Crippen MR) is 247 cm³/mol. The van der Waals surface area contributed by atoms with Crippen LogP contribution in [0.2, 0.25) is 0 Å². The normalized spacial score (nSPS) is 21.6. The SMILES string of the molecule is COCCOC(=O)N1C(=O)[C@@]2(c3cc(C#CCNC(N)=O)ccc31)[C@H](C(=O)NCc1nc3ccccc3[nH]1)[C@H]1C(=O)O[C@H](c3ccccc3)[C@H](c3ccccc3)N1[C@@H]2c1ccccc1OCCO. The Morgan fingerprint density at radius 2 is 1.59 bits per heavy atom. The molecule has 5 amide bonds. The minimum atomic E-state index is -2.17. The molecule has 3 aliphatic rings. The number of methoxy groups -OCH3 is 1. The Morgan fingerprint density at radius 3 is 2.32 bits per heavy atom. The summed E-state index contributed by atoms with van der Waals surface area (Å²) in [6.45, 7) is -0.934. The zero-order valence-electron chi connectivity index (χ0n) is 36.8. The first kappa shape index (κ1) is 45.1. The Labute approximate surface area is 390 Å².